The molecule has 3 aromatic heterocycles. The van der Waals surface area contributed by atoms with Gasteiger partial charge in [0.2, 0.25) is 0 Å². The van der Waals surface area contributed by atoms with E-state index in [1.54, 1.807) is 23.7 Å². The molecule has 0 radical (unpaired) electrons. The third-order valence-electron chi connectivity index (χ3n) is 7.40. The Morgan fingerprint density at radius 2 is 1.86 bits per heavy atom. The first kappa shape index (κ1) is 23.5. The first-order chi connectivity index (χ1) is 17.5. The Morgan fingerprint density at radius 1 is 1.08 bits per heavy atom. The number of pyridine rings is 1. The molecular weight excluding hydrogens is 472 g/mol. The van der Waals surface area contributed by atoms with Crippen molar-refractivity contribution in [3.63, 3.8) is 0 Å². The van der Waals surface area contributed by atoms with E-state index in [4.69, 9.17) is 14.7 Å². The predicted molar refractivity (Wildman–Crippen MR) is 144 cm³/mol. The average molecular weight is 505 g/mol. The van der Waals surface area contributed by atoms with Crippen LogP contribution in [0, 0.1) is 5.21 Å². The van der Waals surface area contributed by atoms with Gasteiger partial charge in [-0.2, -0.15) is 4.73 Å². The lowest BCUT2D eigenvalue weighted by Gasteiger charge is -2.34. The fraction of sp³-hybridized carbons (Fsp3) is 0.444. The lowest BCUT2D eigenvalue weighted by molar-refractivity contribution is -0.603. The highest BCUT2D eigenvalue weighted by Crippen LogP contribution is 2.36. The van der Waals surface area contributed by atoms with E-state index >= 15 is 0 Å². The molecule has 9 heteroatoms. The van der Waals surface area contributed by atoms with E-state index in [2.05, 4.69) is 34.9 Å². The zero-order valence-electron chi connectivity index (χ0n) is 20.9. The van der Waals surface area contributed by atoms with Crippen molar-refractivity contribution in [2.75, 3.05) is 58.4 Å². The molecular formula is C27H32N6O2S. The fourth-order valence-electron chi connectivity index (χ4n) is 5.37. The lowest BCUT2D eigenvalue weighted by atomic mass is 10.0. The maximum absolute atomic E-state index is 12.4. The summed E-state index contributed by atoms with van der Waals surface area (Å²) in [5.41, 5.74) is 1.72. The van der Waals surface area contributed by atoms with Gasteiger partial charge in [0, 0.05) is 54.4 Å². The first-order valence-corrected chi connectivity index (χ1v) is 13.5. The van der Waals surface area contributed by atoms with Gasteiger partial charge < -0.3 is 19.7 Å². The van der Waals surface area contributed by atoms with Crippen molar-refractivity contribution >= 4 is 38.1 Å². The zero-order chi connectivity index (χ0) is 24.6. The Balaban J connectivity index is 1.40. The number of nitrogens with zero attached hydrogens (tertiary/aromatic N) is 6. The van der Waals surface area contributed by atoms with Gasteiger partial charge >= 0.3 is 0 Å². The van der Waals surface area contributed by atoms with Crippen LogP contribution < -0.4 is 9.63 Å². The van der Waals surface area contributed by atoms with Crippen molar-refractivity contribution in [1.29, 1.82) is 0 Å². The number of piperidine rings is 1. The first-order valence-electron chi connectivity index (χ1n) is 12.7. The summed E-state index contributed by atoms with van der Waals surface area (Å²) in [6.45, 7) is 6.15. The summed E-state index contributed by atoms with van der Waals surface area (Å²) in [4.78, 5) is 18.6. The van der Waals surface area contributed by atoms with Crippen LogP contribution in [0.5, 0.6) is 0 Å². The Bertz CT molecular complexity index is 1380. The summed E-state index contributed by atoms with van der Waals surface area (Å²) in [5.74, 6) is 1.55. The molecule has 6 rings (SSSR count). The Labute approximate surface area is 215 Å². The molecule has 188 valence electrons. The summed E-state index contributed by atoms with van der Waals surface area (Å²) in [6, 6.07) is 10.8. The highest BCUT2D eigenvalue weighted by molar-refractivity contribution is 7.19. The van der Waals surface area contributed by atoms with Crippen molar-refractivity contribution in [1.82, 2.24) is 19.8 Å². The fourth-order valence-corrected chi connectivity index (χ4v) is 6.53. The second kappa shape index (κ2) is 9.89. The van der Waals surface area contributed by atoms with Gasteiger partial charge in [0.05, 0.1) is 29.0 Å². The highest BCUT2D eigenvalue weighted by Gasteiger charge is 2.24. The van der Waals surface area contributed by atoms with E-state index in [0.29, 0.717) is 25.1 Å². The average Bonchev–Trinajstić information content (AvgIpc) is 3.30. The molecule has 2 fully saturated rings. The largest absolute Gasteiger partial charge is 0.619 e. The molecule has 0 aliphatic carbocycles. The van der Waals surface area contributed by atoms with Crippen molar-refractivity contribution in [3.8, 4) is 11.4 Å². The van der Waals surface area contributed by atoms with E-state index in [1.165, 1.54) is 17.7 Å². The van der Waals surface area contributed by atoms with Crippen LogP contribution in [0.3, 0.4) is 0 Å². The number of benzene rings is 1. The molecule has 1 aromatic carbocycles. The molecule has 5 heterocycles. The maximum atomic E-state index is 12.4. The predicted octanol–water partition coefficient (Wildman–Crippen LogP) is 3.51. The van der Waals surface area contributed by atoms with Crippen LogP contribution in [0.1, 0.15) is 17.7 Å². The van der Waals surface area contributed by atoms with Crippen LogP contribution in [0.25, 0.3) is 32.4 Å². The molecule has 0 N–H and O–H groups in total. The quantitative estimate of drug-likeness (QED) is 0.304. The maximum Gasteiger partial charge on any atom is 0.192 e. The summed E-state index contributed by atoms with van der Waals surface area (Å²) in [7, 11) is 4.36. The van der Waals surface area contributed by atoms with Gasteiger partial charge in [-0.15, -0.1) is 11.3 Å². The van der Waals surface area contributed by atoms with Gasteiger partial charge in [-0.05, 0) is 39.1 Å². The summed E-state index contributed by atoms with van der Waals surface area (Å²) < 4.78 is 7.59. The molecule has 0 spiro atoms. The van der Waals surface area contributed by atoms with E-state index in [-0.39, 0.29) is 0 Å². The topological polar surface area (TPSA) is 71.7 Å². The monoisotopic (exact) mass is 504 g/mol. The normalized spacial score (nSPS) is 18.0. The number of hydrogen-bond donors (Lipinski definition) is 0. The number of ether oxygens (including phenoxy) is 1. The van der Waals surface area contributed by atoms with Crippen molar-refractivity contribution in [3.05, 3.63) is 52.8 Å². The van der Waals surface area contributed by atoms with Gasteiger partial charge in [-0.1, -0.05) is 18.2 Å². The van der Waals surface area contributed by atoms with E-state index < -0.39 is 0 Å². The van der Waals surface area contributed by atoms with Gasteiger partial charge in [0.1, 0.15) is 0 Å². The number of fused-ring (bicyclic) bond motifs is 2. The molecule has 0 unspecified atom stereocenters. The second-order valence-corrected chi connectivity index (χ2v) is 11.1. The highest BCUT2D eigenvalue weighted by atomic mass is 32.1. The van der Waals surface area contributed by atoms with E-state index in [1.807, 2.05) is 24.3 Å². The molecule has 0 saturated carbocycles. The Hall–Kier alpha value is -2.85. The van der Waals surface area contributed by atoms with Gasteiger partial charge in [0.25, 0.3) is 0 Å². The number of hydrogen-bond acceptors (Lipinski definition) is 8. The molecule has 0 bridgehead atoms. The Morgan fingerprint density at radius 3 is 2.64 bits per heavy atom. The second-order valence-electron chi connectivity index (χ2n) is 9.99. The molecule has 8 nitrogen and oxygen atoms in total. The number of rotatable bonds is 5. The summed E-state index contributed by atoms with van der Waals surface area (Å²) in [6.07, 6.45) is 5.60. The van der Waals surface area contributed by atoms with Crippen LogP contribution in [0.2, 0.25) is 0 Å². The van der Waals surface area contributed by atoms with Crippen LogP contribution in [-0.2, 0) is 11.3 Å². The van der Waals surface area contributed by atoms with Crippen molar-refractivity contribution in [2.24, 2.45) is 0 Å². The number of likely N-dealkylation sites (tertiary alicyclic amines) is 1. The smallest absolute Gasteiger partial charge is 0.192 e. The molecule has 2 saturated heterocycles. The van der Waals surface area contributed by atoms with Gasteiger partial charge in [0.15, 0.2) is 24.0 Å². The molecule has 36 heavy (non-hydrogen) atoms. The number of anilines is 1. The standard InChI is InChI=1S/C27H32N6O2S/c1-30(2)20-7-9-31(10-8-20)17-21-15-24-25(36-21)27(32-11-13-35-14-12-32)29-26(28-24)23-18-33(34)16-19-5-3-4-6-22(19)23/h3-6,15-16,18,20H,7-14,17H2,1-2H3. The molecule has 4 aromatic rings. The minimum absolute atomic E-state index is 0.599. The molecule has 0 amide bonds. The van der Waals surface area contributed by atoms with Gasteiger partial charge in [-0.3, -0.25) is 4.90 Å². The van der Waals surface area contributed by atoms with Crippen molar-refractivity contribution in [2.45, 2.75) is 25.4 Å². The third kappa shape index (κ3) is 4.64. The van der Waals surface area contributed by atoms with Crippen LogP contribution >= 0.6 is 11.3 Å². The minimum atomic E-state index is 0.599. The lowest BCUT2D eigenvalue weighted by Crippen LogP contribution is -2.41. The summed E-state index contributed by atoms with van der Waals surface area (Å²) in [5, 5.41) is 14.3. The van der Waals surface area contributed by atoms with Crippen LogP contribution in [0.4, 0.5) is 5.82 Å². The summed E-state index contributed by atoms with van der Waals surface area (Å²) >= 11 is 1.80. The SMILES string of the molecule is CN(C)C1CCN(Cc2cc3nc(-c4c[n+]([O-])cc5ccccc45)nc(N4CCOCC4)c3s2)CC1. The van der Waals surface area contributed by atoms with E-state index in [9.17, 15) is 5.21 Å². The van der Waals surface area contributed by atoms with Gasteiger partial charge in [-0.25, -0.2) is 9.97 Å². The zero-order valence-corrected chi connectivity index (χ0v) is 21.7. The third-order valence-corrected chi connectivity index (χ3v) is 8.50. The molecule has 2 aliphatic rings. The number of aromatic nitrogens is 3. The number of morpholine rings is 1. The Kier molecular flexibility index (Phi) is 6.47. The molecule has 2 aliphatic heterocycles. The van der Waals surface area contributed by atoms with Crippen molar-refractivity contribution < 1.29 is 9.47 Å². The molecule has 0 atom stereocenters. The van der Waals surface area contributed by atoms with E-state index in [0.717, 1.165) is 69.8 Å². The van der Waals surface area contributed by atoms with Crippen LogP contribution in [0.15, 0.2) is 42.7 Å². The minimum Gasteiger partial charge on any atom is -0.619 e. The van der Waals surface area contributed by atoms with Crippen LogP contribution in [-0.4, -0.2) is 79.3 Å². The number of thiophene rings is 1.